The predicted molar refractivity (Wildman–Crippen MR) is 77.9 cm³/mol. The smallest absolute Gasteiger partial charge is 0.288 e. The zero-order valence-corrected chi connectivity index (χ0v) is 11.4. The second-order valence-corrected chi connectivity index (χ2v) is 4.55. The van der Waals surface area contributed by atoms with E-state index in [2.05, 4.69) is 0 Å². The van der Waals surface area contributed by atoms with E-state index in [9.17, 15) is 19.3 Å². The third-order valence-electron chi connectivity index (χ3n) is 2.75. The van der Waals surface area contributed by atoms with Crippen LogP contribution in [0.15, 0.2) is 48.5 Å². The first-order valence-electron chi connectivity index (χ1n) is 5.90. The van der Waals surface area contributed by atoms with E-state index < -0.39 is 16.5 Å². The highest BCUT2D eigenvalue weighted by Crippen LogP contribution is 2.25. The zero-order chi connectivity index (χ0) is 15.4. The van der Waals surface area contributed by atoms with E-state index in [0.29, 0.717) is 0 Å². The van der Waals surface area contributed by atoms with E-state index in [1.165, 1.54) is 36.4 Å². The first kappa shape index (κ1) is 14.9. The highest BCUT2D eigenvalue weighted by atomic mass is 35.5. The molecule has 2 aromatic carbocycles. The number of nitro groups is 1. The molecular formula is C15H9ClFNO3. The number of rotatable bonds is 4. The van der Waals surface area contributed by atoms with Crippen molar-refractivity contribution in [2.24, 2.45) is 0 Å². The molecule has 0 aliphatic heterocycles. The van der Waals surface area contributed by atoms with Crippen LogP contribution in [0.3, 0.4) is 0 Å². The number of hydrogen-bond donors (Lipinski definition) is 0. The molecule has 0 saturated heterocycles. The SMILES string of the molecule is O=C(/C=C/c1ccccc1F)c1ccc(Cl)c([N+](=O)[O-])c1. The summed E-state index contributed by atoms with van der Waals surface area (Å²) >= 11 is 5.67. The molecule has 0 bridgehead atoms. The van der Waals surface area contributed by atoms with E-state index in [1.54, 1.807) is 6.07 Å². The molecule has 0 fully saturated rings. The molecule has 0 N–H and O–H groups in total. The van der Waals surface area contributed by atoms with Gasteiger partial charge in [0.15, 0.2) is 5.78 Å². The van der Waals surface area contributed by atoms with Crippen LogP contribution in [0, 0.1) is 15.9 Å². The van der Waals surface area contributed by atoms with Crippen LogP contribution >= 0.6 is 11.6 Å². The molecule has 21 heavy (non-hydrogen) atoms. The van der Waals surface area contributed by atoms with Crippen LogP contribution in [0.25, 0.3) is 6.08 Å². The summed E-state index contributed by atoms with van der Waals surface area (Å²) < 4.78 is 13.4. The molecule has 0 amide bonds. The lowest BCUT2D eigenvalue weighted by molar-refractivity contribution is -0.384. The summed E-state index contributed by atoms with van der Waals surface area (Å²) in [6.07, 6.45) is 2.48. The van der Waals surface area contributed by atoms with E-state index in [4.69, 9.17) is 11.6 Å². The van der Waals surface area contributed by atoms with Crippen LogP contribution < -0.4 is 0 Å². The Morgan fingerprint density at radius 2 is 1.95 bits per heavy atom. The Bertz CT molecular complexity index is 743. The van der Waals surface area contributed by atoms with Crippen molar-refractivity contribution in [2.45, 2.75) is 0 Å². The van der Waals surface area contributed by atoms with Crippen molar-refractivity contribution < 1.29 is 14.1 Å². The summed E-state index contributed by atoms with van der Waals surface area (Å²) in [5.41, 5.74) is 0.0230. The van der Waals surface area contributed by atoms with Gasteiger partial charge in [0.25, 0.3) is 5.69 Å². The number of ketones is 1. The molecule has 6 heteroatoms. The van der Waals surface area contributed by atoms with Crippen LogP contribution in [-0.2, 0) is 0 Å². The van der Waals surface area contributed by atoms with E-state index in [1.807, 2.05) is 0 Å². The van der Waals surface area contributed by atoms with Crippen molar-refractivity contribution in [1.82, 2.24) is 0 Å². The molecule has 0 atom stereocenters. The quantitative estimate of drug-likeness (QED) is 0.366. The first-order valence-corrected chi connectivity index (χ1v) is 6.27. The van der Waals surface area contributed by atoms with Crippen molar-refractivity contribution >= 4 is 29.1 Å². The Labute approximate surface area is 124 Å². The number of nitro benzene ring substituents is 1. The first-order chi connectivity index (χ1) is 9.99. The van der Waals surface area contributed by atoms with Gasteiger partial charge in [-0.3, -0.25) is 14.9 Å². The number of benzene rings is 2. The topological polar surface area (TPSA) is 60.2 Å². The number of hydrogen-bond acceptors (Lipinski definition) is 3. The van der Waals surface area contributed by atoms with Crippen LogP contribution in [0.4, 0.5) is 10.1 Å². The summed E-state index contributed by atoms with van der Waals surface area (Å²) in [5, 5.41) is 10.7. The van der Waals surface area contributed by atoms with Crippen molar-refractivity contribution in [2.75, 3.05) is 0 Å². The molecule has 0 spiro atoms. The summed E-state index contributed by atoms with van der Waals surface area (Å²) in [5.74, 6) is -0.929. The Morgan fingerprint density at radius 1 is 1.24 bits per heavy atom. The highest BCUT2D eigenvalue weighted by Gasteiger charge is 2.15. The van der Waals surface area contributed by atoms with Gasteiger partial charge in [-0.25, -0.2) is 4.39 Å². The summed E-state index contributed by atoms with van der Waals surface area (Å²) in [7, 11) is 0. The van der Waals surface area contributed by atoms with Gasteiger partial charge >= 0.3 is 0 Å². The fraction of sp³-hybridized carbons (Fsp3) is 0. The van der Waals surface area contributed by atoms with E-state index in [-0.39, 0.29) is 21.8 Å². The third-order valence-corrected chi connectivity index (χ3v) is 3.07. The van der Waals surface area contributed by atoms with Gasteiger partial charge in [-0.1, -0.05) is 29.8 Å². The number of carbonyl (C=O) groups excluding carboxylic acids is 1. The van der Waals surface area contributed by atoms with Gasteiger partial charge in [-0.2, -0.15) is 0 Å². The maximum Gasteiger partial charge on any atom is 0.288 e. The van der Waals surface area contributed by atoms with Gasteiger partial charge in [0.2, 0.25) is 0 Å². The Balaban J connectivity index is 2.27. The second-order valence-electron chi connectivity index (χ2n) is 4.14. The summed E-state index contributed by atoms with van der Waals surface area (Å²) in [6, 6.07) is 9.72. The van der Waals surface area contributed by atoms with Crippen LogP contribution in [0.2, 0.25) is 5.02 Å². The summed E-state index contributed by atoms with van der Waals surface area (Å²) in [6.45, 7) is 0. The minimum Gasteiger partial charge on any atom is -0.289 e. The standard InChI is InChI=1S/C15H9ClFNO3/c16-12-7-5-11(9-14(12)18(20)21)15(19)8-6-10-3-1-2-4-13(10)17/h1-9H/b8-6+. The molecule has 0 saturated carbocycles. The van der Waals surface area contributed by atoms with E-state index in [0.717, 1.165) is 12.1 Å². The number of halogens is 2. The third kappa shape index (κ3) is 3.52. The van der Waals surface area contributed by atoms with Crippen molar-refractivity contribution in [3.8, 4) is 0 Å². The van der Waals surface area contributed by atoms with Crippen molar-refractivity contribution in [1.29, 1.82) is 0 Å². The van der Waals surface area contributed by atoms with Gasteiger partial charge in [-0.15, -0.1) is 0 Å². The van der Waals surface area contributed by atoms with Gasteiger partial charge in [0, 0.05) is 17.2 Å². The van der Waals surface area contributed by atoms with Crippen LogP contribution in [-0.4, -0.2) is 10.7 Å². The second kappa shape index (κ2) is 6.28. The number of nitrogens with zero attached hydrogens (tertiary/aromatic N) is 1. The fourth-order valence-electron chi connectivity index (χ4n) is 1.68. The molecule has 2 rings (SSSR count). The lowest BCUT2D eigenvalue weighted by Gasteiger charge is -1.99. The summed E-state index contributed by atoms with van der Waals surface area (Å²) in [4.78, 5) is 22.0. The van der Waals surface area contributed by atoms with Gasteiger partial charge in [0.1, 0.15) is 10.8 Å². The van der Waals surface area contributed by atoms with Gasteiger partial charge in [0.05, 0.1) is 4.92 Å². The normalized spacial score (nSPS) is 10.8. The minimum atomic E-state index is -0.667. The molecule has 4 nitrogen and oxygen atoms in total. The maximum atomic E-state index is 13.4. The van der Waals surface area contributed by atoms with Crippen LogP contribution in [0.1, 0.15) is 15.9 Å². The van der Waals surface area contributed by atoms with Crippen molar-refractivity contribution in [3.05, 3.63) is 80.6 Å². The molecule has 0 aromatic heterocycles. The molecule has 0 aliphatic rings. The lowest BCUT2D eigenvalue weighted by Crippen LogP contribution is -1.97. The number of allylic oxidation sites excluding steroid dienone is 1. The van der Waals surface area contributed by atoms with Crippen LogP contribution in [0.5, 0.6) is 0 Å². The van der Waals surface area contributed by atoms with Crippen molar-refractivity contribution in [3.63, 3.8) is 0 Å². The lowest BCUT2D eigenvalue weighted by atomic mass is 10.1. The minimum absolute atomic E-state index is 0.0466. The molecule has 0 radical (unpaired) electrons. The average molecular weight is 306 g/mol. The van der Waals surface area contributed by atoms with Gasteiger partial charge in [-0.05, 0) is 30.4 Å². The average Bonchev–Trinajstić information content (AvgIpc) is 2.46. The Hall–Kier alpha value is -2.53. The number of carbonyl (C=O) groups is 1. The highest BCUT2D eigenvalue weighted by molar-refractivity contribution is 6.32. The monoisotopic (exact) mass is 305 g/mol. The molecule has 0 unspecified atom stereocenters. The molecular weight excluding hydrogens is 297 g/mol. The molecule has 0 aliphatic carbocycles. The van der Waals surface area contributed by atoms with Gasteiger partial charge < -0.3 is 0 Å². The maximum absolute atomic E-state index is 13.4. The molecule has 0 heterocycles. The Morgan fingerprint density at radius 3 is 2.62 bits per heavy atom. The zero-order valence-electron chi connectivity index (χ0n) is 10.6. The Kier molecular flexibility index (Phi) is 4.45. The predicted octanol–water partition coefficient (Wildman–Crippen LogP) is 4.28. The van der Waals surface area contributed by atoms with E-state index >= 15 is 0 Å². The fourth-order valence-corrected chi connectivity index (χ4v) is 1.86. The molecule has 106 valence electrons. The molecule has 2 aromatic rings. The largest absolute Gasteiger partial charge is 0.289 e.